The van der Waals surface area contributed by atoms with Crippen LogP contribution in [-0.2, 0) is 23.9 Å². The van der Waals surface area contributed by atoms with E-state index in [1.807, 2.05) is 0 Å². The van der Waals surface area contributed by atoms with Crippen LogP contribution in [0.2, 0.25) is 0 Å². The summed E-state index contributed by atoms with van der Waals surface area (Å²) in [6, 6.07) is 0. The molecule has 0 aromatic carbocycles. The molecule has 22 heavy (non-hydrogen) atoms. The first-order chi connectivity index (χ1) is 10.6. The van der Waals surface area contributed by atoms with Gasteiger partial charge in [-0.3, -0.25) is 14.4 Å². The third-order valence-corrected chi connectivity index (χ3v) is 5.22. The summed E-state index contributed by atoms with van der Waals surface area (Å²) in [7, 11) is 2.80. The molecule has 124 valence electrons. The number of methoxy groups -OCH3 is 2. The zero-order valence-electron chi connectivity index (χ0n) is 13.5. The maximum absolute atomic E-state index is 12.8. The van der Waals surface area contributed by atoms with Gasteiger partial charge in [0, 0.05) is 11.8 Å². The molecule has 0 N–H and O–H groups in total. The van der Waals surface area contributed by atoms with E-state index in [1.165, 1.54) is 14.2 Å². The van der Waals surface area contributed by atoms with Crippen molar-refractivity contribution in [3.63, 3.8) is 0 Å². The van der Waals surface area contributed by atoms with Gasteiger partial charge in [-0.25, -0.2) is 0 Å². The lowest BCUT2D eigenvalue weighted by Crippen LogP contribution is -2.35. The topological polar surface area (TPSA) is 69.7 Å². The number of rotatable bonds is 4. The van der Waals surface area contributed by atoms with Gasteiger partial charge in [-0.15, -0.1) is 0 Å². The Bertz CT molecular complexity index is 393. The van der Waals surface area contributed by atoms with Gasteiger partial charge in [-0.1, -0.05) is 12.8 Å². The normalized spacial score (nSPS) is 32.1. The molecule has 2 aliphatic rings. The smallest absolute Gasteiger partial charge is 0.308 e. The van der Waals surface area contributed by atoms with E-state index in [2.05, 4.69) is 0 Å². The van der Waals surface area contributed by atoms with Crippen molar-refractivity contribution < 1.29 is 23.9 Å². The van der Waals surface area contributed by atoms with Crippen molar-refractivity contribution in [3.8, 4) is 0 Å². The Kier molecular flexibility index (Phi) is 5.98. The van der Waals surface area contributed by atoms with E-state index in [0.717, 1.165) is 38.5 Å². The Labute approximate surface area is 131 Å². The first-order valence-corrected chi connectivity index (χ1v) is 8.26. The van der Waals surface area contributed by atoms with E-state index in [0.29, 0.717) is 12.8 Å². The number of carbonyl (C=O) groups excluding carboxylic acids is 3. The highest BCUT2D eigenvalue weighted by Crippen LogP contribution is 2.37. The van der Waals surface area contributed by atoms with E-state index >= 15 is 0 Å². The Morgan fingerprint density at radius 2 is 1.05 bits per heavy atom. The largest absolute Gasteiger partial charge is 0.469 e. The molecule has 0 saturated heterocycles. The third kappa shape index (κ3) is 3.87. The Morgan fingerprint density at radius 3 is 1.41 bits per heavy atom. The van der Waals surface area contributed by atoms with Crippen LogP contribution in [-0.4, -0.2) is 31.9 Å². The highest BCUT2D eigenvalue weighted by Gasteiger charge is 2.38. The molecule has 0 bridgehead atoms. The van der Waals surface area contributed by atoms with Crippen LogP contribution in [0.3, 0.4) is 0 Å². The minimum Gasteiger partial charge on any atom is -0.469 e. The molecule has 0 amide bonds. The predicted molar refractivity (Wildman–Crippen MR) is 79.9 cm³/mol. The van der Waals surface area contributed by atoms with Gasteiger partial charge in [0.2, 0.25) is 0 Å². The van der Waals surface area contributed by atoms with E-state index in [-0.39, 0.29) is 41.4 Å². The SMILES string of the molecule is COC(=O)[C@@H]1CCC[C@H](C(=O)[C@H]2CCC[C@H](C(=O)OC)C2)C1. The lowest BCUT2D eigenvalue weighted by Gasteiger charge is -2.32. The number of hydrogen-bond donors (Lipinski definition) is 0. The quantitative estimate of drug-likeness (QED) is 0.746. The lowest BCUT2D eigenvalue weighted by molar-refractivity contribution is -0.148. The number of esters is 2. The van der Waals surface area contributed by atoms with Crippen LogP contribution < -0.4 is 0 Å². The third-order valence-electron chi connectivity index (χ3n) is 5.22. The van der Waals surface area contributed by atoms with Crippen molar-refractivity contribution in [2.45, 2.75) is 51.4 Å². The zero-order valence-corrected chi connectivity index (χ0v) is 13.5. The maximum atomic E-state index is 12.8. The van der Waals surface area contributed by atoms with Crippen LogP contribution in [0, 0.1) is 23.7 Å². The molecule has 2 rings (SSSR count). The summed E-state index contributed by atoms with van der Waals surface area (Å²) in [6.45, 7) is 0. The van der Waals surface area contributed by atoms with Crippen LogP contribution in [0.15, 0.2) is 0 Å². The molecule has 0 unspecified atom stereocenters. The van der Waals surface area contributed by atoms with E-state index < -0.39 is 0 Å². The van der Waals surface area contributed by atoms with Crippen molar-refractivity contribution in [3.05, 3.63) is 0 Å². The molecule has 4 atom stereocenters. The summed E-state index contributed by atoms with van der Waals surface area (Å²) in [6.07, 6.45) is 6.32. The van der Waals surface area contributed by atoms with Crippen molar-refractivity contribution in [1.29, 1.82) is 0 Å². The van der Waals surface area contributed by atoms with Crippen LogP contribution in [0.25, 0.3) is 0 Å². The molecule has 2 saturated carbocycles. The summed E-state index contributed by atoms with van der Waals surface area (Å²) in [5, 5.41) is 0. The number of ketones is 1. The molecule has 2 fully saturated rings. The minimum atomic E-state index is -0.200. The fourth-order valence-corrected chi connectivity index (χ4v) is 3.99. The van der Waals surface area contributed by atoms with Crippen LogP contribution >= 0.6 is 0 Å². The maximum Gasteiger partial charge on any atom is 0.308 e. The van der Waals surface area contributed by atoms with Gasteiger partial charge in [-0.05, 0) is 38.5 Å². The Balaban J connectivity index is 1.95. The Hall–Kier alpha value is -1.39. The second kappa shape index (κ2) is 7.75. The molecule has 0 aromatic heterocycles. The van der Waals surface area contributed by atoms with Crippen molar-refractivity contribution in [2.75, 3.05) is 14.2 Å². The summed E-state index contributed by atoms with van der Waals surface area (Å²) < 4.78 is 9.63. The zero-order chi connectivity index (χ0) is 16.1. The summed E-state index contributed by atoms with van der Waals surface area (Å²) in [5.41, 5.74) is 0. The number of carbonyl (C=O) groups is 3. The average Bonchev–Trinajstić information content (AvgIpc) is 2.59. The summed E-state index contributed by atoms with van der Waals surface area (Å²) in [4.78, 5) is 36.2. The first kappa shape index (κ1) is 17.0. The first-order valence-electron chi connectivity index (χ1n) is 8.26. The van der Waals surface area contributed by atoms with Crippen LogP contribution in [0.1, 0.15) is 51.4 Å². The van der Waals surface area contributed by atoms with Crippen molar-refractivity contribution >= 4 is 17.7 Å². The average molecular weight is 310 g/mol. The van der Waals surface area contributed by atoms with Gasteiger partial charge in [0.25, 0.3) is 0 Å². The molecular weight excluding hydrogens is 284 g/mol. The summed E-state index contributed by atoms with van der Waals surface area (Å²) in [5.74, 6) is -0.566. The van der Waals surface area contributed by atoms with Crippen molar-refractivity contribution in [2.24, 2.45) is 23.7 Å². The molecule has 0 aromatic rings. The Morgan fingerprint density at radius 1 is 0.682 bits per heavy atom. The molecular formula is C17H26O5. The van der Waals surface area contributed by atoms with Gasteiger partial charge in [0.1, 0.15) is 5.78 Å². The van der Waals surface area contributed by atoms with Gasteiger partial charge >= 0.3 is 11.9 Å². The van der Waals surface area contributed by atoms with Gasteiger partial charge in [0.15, 0.2) is 0 Å². The van der Waals surface area contributed by atoms with Gasteiger partial charge in [-0.2, -0.15) is 0 Å². The summed E-state index contributed by atoms with van der Waals surface area (Å²) >= 11 is 0. The molecule has 0 aliphatic heterocycles. The van der Waals surface area contributed by atoms with Crippen LogP contribution in [0.4, 0.5) is 0 Å². The monoisotopic (exact) mass is 310 g/mol. The highest BCUT2D eigenvalue weighted by molar-refractivity contribution is 5.85. The second-order valence-corrected chi connectivity index (χ2v) is 6.57. The number of hydrogen-bond acceptors (Lipinski definition) is 5. The highest BCUT2D eigenvalue weighted by atomic mass is 16.5. The van der Waals surface area contributed by atoms with Gasteiger partial charge < -0.3 is 9.47 Å². The second-order valence-electron chi connectivity index (χ2n) is 6.57. The van der Waals surface area contributed by atoms with E-state index in [4.69, 9.17) is 9.47 Å². The van der Waals surface area contributed by atoms with Crippen LogP contribution in [0.5, 0.6) is 0 Å². The molecule has 5 nitrogen and oxygen atoms in total. The van der Waals surface area contributed by atoms with E-state index in [1.54, 1.807) is 0 Å². The fourth-order valence-electron chi connectivity index (χ4n) is 3.99. The standard InChI is InChI=1S/C17H26O5/c1-21-16(19)13-7-3-5-11(9-13)15(18)12-6-4-8-14(10-12)17(20)22-2/h11-14H,3-10H2,1-2H3/t11-,12-,13-,14+/m0/s1. The predicted octanol–water partition coefficient (Wildman–Crippen LogP) is 2.51. The van der Waals surface area contributed by atoms with Gasteiger partial charge in [0.05, 0.1) is 26.1 Å². The number of Topliss-reactive ketones (excluding diaryl/α,β-unsaturated/α-hetero) is 1. The minimum absolute atomic E-state index is 0.0563. The fraction of sp³-hybridized carbons (Fsp3) is 0.824. The van der Waals surface area contributed by atoms with E-state index in [9.17, 15) is 14.4 Å². The van der Waals surface area contributed by atoms with Crippen molar-refractivity contribution in [1.82, 2.24) is 0 Å². The molecule has 0 radical (unpaired) electrons. The molecule has 0 spiro atoms. The molecule has 5 heteroatoms. The lowest BCUT2D eigenvalue weighted by atomic mass is 9.71. The molecule has 2 aliphatic carbocycles. The number of ether oxygens (including phenoxy) is 2. The molecule has 0 heterocycles.